The monoisotopic (exact) mass is 228 g/mol. The molecular formula is C11H20N2O3. The number of likely N-dealkylation sites (N-methyl/N-ethyl adjacent to an activating group) is 1. The van der Waals surface area contributed by atoms with Gasteiger partial charge in [-0.1, -0.05) is 12.8 Å². The summed E-state index contributed by atoms with van der Waals surface area (Å²) in [5, 5.41) is 2.98. The first kappa shape index (κ1) is 12.8. The first-order chi connectivity index (χ1) is 7.47. The van der Waals surface area contributed by atoms with Gasteiger partial charge in [0.2, 0.25) is 5.91 Å². The first-order valence-electron chi connectivity index (χ1n) is 5.57. The maximum atomic E-state index is 11.7. The standard InChI is InChI=1S/C11H20N2O3/c1-11(6-4-5-7-11)12-9(14)8-13(2)10(15)16-3/h4-8H2,1-3H3,(H,12,14). The fourth-order valence-electron chi connectivity index (χ4n) is 2.09. The molecule has 1 saturated carbocycles. The number of ether oxygens (including phenoxy) is 1. The van der Waals surface area contributed by atoms with Crippen molar-refractivity contribution >= 4 is 12.0 Å². The molecule has 0 radical (unpaired) electrons. The number of nitrogens with one attached hydrogen (secondary N) is 1. The highest BCUT2D eigenvalue weighted by molar-refractivity contribution is 5.82. The molecule has 0 spiro atoms. The van der Waals surface area contributed by atoms with E-state index in [0.29, 0.717) is 0 Å². The van der Waals surface area contributed by atoms with Crippen molar-refractivity contribution < 1.29 is 14.3 Å². The van der Waals surface area contributed by atoms with Gasteiger partial charge < -0.3 is 15.0 Å². The van der Waals surface area contributed by atoms with E-state index in [2.05, 4.69) is 17.0 Å². The van der Waals surface area contributed by atoms with Crippen molar-refractivity contribution in [1.82, 2.24) is 10.2 Å². The molecule has 16 heavy (non-hydrogen) atoms. The van der Waals surface area contributed by atoms with Crippen LogP contribution in [0.3, 0.4) is 0 Å². The van der Waals surface area contributed by atoms with E-state index in [4.69, 9.17) is 0 Å². The molecule has 1 fully saturated rings. The van der Waals surface area contributed by atoms with E-state index in [1.165, 1.54) is 12.0 Å². The fraction of sp³-hybridized carbons (Fsp3) is 0.818. The molecule has 2 amide bonds. The molecule has 0 aliphatic heterocycles. The molecule has 5 heteroatoms. The van der Waals surface area contributed by atoms with E-state index in [9.17, 15) is 9.59 Å². The van der Waals surface area contributed by atoms with E-state index in [-0.39, 0.29) is 18.0 Å². The molecule has 1 rings (SSSR count). The Labute approximate surface area is 96.1 Å². The van der Waals surface area contributed by atoms with Gasteiger partial charge in [-0.25, -0.2) is 4.79 Å². The van der Waals surface area contributed by atoms with Gasteiger partial charge in [0.25, 0.3) is 0 Å². The molecule has 1 aliphatic carbocycles. The highest BCUT2D eigenvalue weighted by Gasteiger charge is 2.30. The maximum Gasteiger partial charge on any atom is 0.409 e. The third kappa shape index (κ3) is 3.40. The van der Waals surface area contributed by atoms with Gasteiger partial charge >= 0.3 is 6.09 Å². The van der Waals surface area contributed by atoms with Gasteiger partial charge in [0.1, 0.15) is 6.54 Å². The van der Waals surface area contributed by atoms with Crippen molar-refractivity contribution in [1.29, 1.82) is 0 Å². The van der Waals surface area contributed by atoms with Crippen molar-refractivity contribution in [2.24, 2.45) is 0 Å². The minimum atomic E-state index is -0.494. The summed E-state index contributed by atoms with van der Waals surface area (Å²) >= 11 is 0. The molecule has 0 saturated heterocycles. The zero-order chi connectivity index (χ0) is 12.2. The van der Waals surface area contributed by atoms with Gasteiger partial charge in [-0.3, -0.25) is 4.79 Å². The van der Waals surface area contributed by atoms with Crippen LogP contribution in [0, 0.1) is 0 Å². The summed E-state index contributed by atoms with van der Waals surface area (Å²) in [4.78, 5) is 24.0. The number of hydrogen-bond acceptors (Lipinski definition) is 3. The Morgan fingerprint density at radius 1 is 1.38 bits per heavy atom. The molecule has 0 aromatic heterocycles. The van der Waals surface area contributed by atoms with Crippen LogP contribution >= 0.6 is 0 Å². The van der Waals surface area contributed by atoms with Crippen LogP contribution in [0.25, 0.3) is 0 Å². The van der Waals surface area contributed by atoms with Gasteiger partial charge in [-0.05, 0) is 19.8 Å². The van der Waals surface area contributed by atoms with E-state index in [1.54, 1.807) is 7.05 Å². The molecular weight excluding hydrogens is 208 g/mol. The molecule has 5 nitrogen and oxygen atoms in total. The third-order valence-electron chi connectivity index (χ3n) is 3.02. The minimum Gasteiger partial charge on any atom is -0.453 e. The highest BCUT2D eigenvalue weighted by atomic mass is 16.5. The van der Waals surface area contributed by atoms with Crippen LogP contribution in [0.2, 0.25) is 0 Å². The predicted molar refractivity (Wildman–Crippen MR) is 60.1 cm³/mol. The zero-order valence-corrected chi connectivity index (χ0v) is 10.2. The molecule has 0 heterocycles. The van der Waals surface area contributed by atoms with E-state index < -0.39 is 6.09 Å². The number of carbonyl (C=O) groups is 2. The molecule has 0 aromatic rings. The lowest BCUT2D eigenvalue weighted by molar-refractivity contribution is -0.123. The number of carbonyl (C=O) groups excluding carboxylic acids is 2. The van der Waals surface area contributed by atoms with Crippen molar-refractivity contribution in [2.45, 2.75) is 38.1 Å². The van der Waals surface area contributed by atoms with Crippen LogP contribution in [-0.2, 0) is 9.53 Å². The van der Waals surface area contributed by atoms with Crippen molar-refractivity contribution in [3.05, 3.63) is 0 Å². The third-order valence-corrected chi connectivity index (χ3v) is 3.02. The Morgan fingerprint density at radius 2 is 1.94 bits per heavy atom. The van der Waals surface area contributed by atoms with Gasteiger partial charge in [0, 0.05) is 12.6 Å². The Balaban J connectivity index is 2.38. The molecule has 0 bridgehead atoms. The van der Waals surface area contributed by atoms with Gasteiger partial charge in [0.05, 0.1) is 7.11 Å². The normalized spacial score (nSPS) is 17.9. The summed E-state index contributed by atoms with van der Waals surface area (Å²) in [7, 11) is 2.84. The van der Waals surface area contributed by atoms with Crippen LogP contribution in [0.4, 0.5) is 4.79 Å². The molecule has 1 aliphatic rings. The number of rotatable bonds is 3. The second-order valence-electron chi connectivity index (χ2n) is 4.64. The summed E-state index contributed by atoms with van der Waals surface area (Å²) in [5.74, 6) is -0.127. The van der Waals surface area contributed by atoms with Crippen LogP contribution in [0.15, 0.2) is 0 Å². The van der Waals surface area contributed by atoms with Crippen molar-refractivity contribution in [3.63, 3.8) is 0 Å². The topological polar surface area (TPSA) is 58.6 Å². The summed E-state index contributed by atoms with van der Waals surface area (Å²) in [6.07, 6.45) is 3.85. The average Bonchev–Trinajstić information content (AvgIpc) is 2.62. The molecule has 1 N–H and O–H groups in total. The van der Waals surface area contributed by atoms with E-state index in [1.807, 2.05) is 0 Å². The first-order valence-corrected chi connectivity index (χ1v) is 5.57. The SMILES string of the molecule is COC(=O)N(C)CC(=O)NC1(C)CCCC1. The Kier molecular flexibility index (Phi) is 4.15. The summed E-state index contributed by atoms with van der Waals surface area (Å²) in [5.41, 5.74) is -0.0892. The van der Waals surface area contributed by atoms with Gasteiger partial charge in [-0.15, -0.1) is 0 Å². The summed E-state index contributed by atoms with van der Waals surface area (Å²) in [6, 6.07) is 0. The number of hydrogen-bond donors (Lipinski definition) is 1. The molecule has 92 valence electrons. The maximum absolute atomic E-state index is 11.7. The van der Waals surface area contributed by atoms with E-state index >= 15 is 0 Å². The Hall–Kier alpha value is -1.26. The minimum absolute atomic E-state index is 0.0439. The van der Waals surface area contributed by atoms with Gasteiger partial charge in [-0.2, -0.15) is 0 Å². The number of nitrogens with zero attached hydrogens (tertiary/aromatic N) is 1. The van der Waals surface area contributed by atoms with Crippen LogP contribution < -0.4 is 5.32 Å². The summed E-state index contributed by atoms with van der Waals surface area (Å²) in [6.45, 7) is 2.10. The smallest absolute Gasteiger partial charge is 0.409 e. The number of amides is 2. The number of methoxy groups -OCH3 is 1. The Bertz CT molecular complexity index is 272. The quantitative estimate of drug-likeness (QED) is 0.788. The lowest BCUT2D eigenvalue weighted by Gasteiger charge is -2.26. The van der Waals surface area contributed by atoms with Crippen LogP contribution in [0.5, 0.6) is 0 Å². The lowest BCUT2D eigenvalue weighted by atomic mass is 10.0. The largest absolute Gasteiger partial charge is 0.453 e. The zero-order valence-electron chi connectivity index (χ0n) is 10.2. The van der Waals surface area contributed by atoms with Crippen molar-refractivity contribution in [2.75, 3.05) is 20.7 Å². The van der Waals surface area contributed by atoms with Crippen molar-refractivity contribution in [3.8, 4) is 0 Å². The molecule has 0 aromatic carbocycles. The average molecular weight is 228 g/mol. The summed E-state index contributed by atoms with van der Waals surface area (Å²) < 4.78 is 4.51. The molecule has 0 unspecified atom stereocenters. The second kappa shape index (κ2) is 5.18. The fourth-order valence-corrected chi connectivity index (χ4v) is 2.09. The second-order valence-corrected chi connectivity index (χ2v) is 4.64. The van der Waals surface area contributed by atoms with Crippen LogP contribution in [0.1, 0.15) is 32.6 Å². The van der Waals surface area contributed by atoms with Crippen LogP contribution in [-0.4, -0.2) is 43.1 Å². The lowest BCUT2D eigenvalue weighted by Crippen LogP contribution is -2.48. The molecule has 0 atom stereocenters. The van der Waals surface area contributed by atoms with E-state index in [0.717, 1.165) is 25.7 Å². The Morgan fingerprint density at radius 3 is 2.44 bits per heavy atom. The van der Waals surface area contributed by atoms with Gasteiger partial charge in [0.15, 0.2) is 0 Å². The predicted octanol–water partition coefficient (Wildman–Crippen LogP) is 1.13. The highest BCUT2D eigenvalue weighted by Crippen LogP contribution is 2.28.